The SMILES string of the molecule is CCCCCCOC(=O)CON. The first-order chi connectivity index (χ1) is 5.81. The highest BCUT2D eigenvalue weighted by Gasteiger charge is 1.99. The third-order valence-corrected chi connectivity index (χ3v) is 1.46. The first-order valence-electron chi connectivity index (χ1n) is 4.28. The second kappa shape index (κ2) is 8.49. The Morgan fingerprint density at radius 2 is 2.08 bits per heavy atom. The van der Waals surface area contributed by atoms with Crippen molar-refractivity contribution in [3.63, 3.8) is 0 Å². The number of carbonyl (C=O) groups excluding carboxylic acids is 1. The molecule has 0 spiro atoms. The van der Waals surface area contributed by atoms with Gasteiger partial charge in [0.15, 0.2) is 6.61 Å². The zero-order chi connectivity index (χ0) is 9.23. The Bertz CT molecular complexity index is 117. The molecule has 0 aromatic rings. The van der Waals surface area contributed by atoms with Crippen molar-refractivity contribution >= 4 is 5.97 Å². The molecule has 0 rings (SSSR count). The number of ether oxygens (including phenoxy) is 1. The van der Waals surface area contributed by atoms with Crippen LogP contribution in [0, 0.1) is 0 Å². The molecule has 0 saturated heterocycles. The minimum atomic E-state index is -0.394. The van der Waals surface area contributed by atoms with Gasteiger partial charge in [-0.2, -0.15) is 0 Å². The third-order valence-electron chi connectivity index (χ3n) is 1.46. The monoisotopic (exact) mass is 175 g/mol. The minimum absolute atomic E-state index is 0.159. The van der Waals surface area contributed by atoms with E-state index in [1.807, 2.05) is 0 Å². The van der Waals surface area contributed by atoms with Crippen molar-refractivity contribution < 1.29 is 14.4 Å². The zero-order valence-electron chi connectivity index (χ0n) is 7.54. The van der Waals surface area contributed by atoms with E-state index in [1.165, 1.54) is 12.8 Å². The van der Waals surface area contributed by atoms with Gasteiger partial charge in [0, 0.05) is 0 Å². The van der Waals surface area contributed by atoms with E-state index < -0.39 is 5.97 Å². The van der Waals surface area contributed by atoms with Crippen LogP contribution in [0.4, 0.5) is 0 Å². The molecule has 0 aliphatic heterocycles. The van der Waals surface area contributed by atoms with Gasteiger partial charge in [0.2, 0.25) is 0 Å². The summed E-state index contributed by atoms with van der Waals surface area (Å²) in [5.41, 5.74) is 0. The van der Waals surface area contributed by atoms with Crippen molar-refractivity contribution in [3.8, 4) is 0 Å². The summed E-state index contributed by atoms with van der Waals surface area (Å²) in [5.74, 6) is 4.29. The number of esters is 1. The van der Waals surface area contributed by atoms with Gasteiger partial charge < -0.3 is 4.74 Å². The summed E-state index contributed by atoms with van der Waals surface area (Å²) in [6, 6.07) is 0. The molecule has 0 atom stereocenters. The lowest BCUT2D eigenvalue weighted by atomic mass is 10.2. The molecule has 72 valence electrons. The van der Waals surface area contributed by atoms with Gasteiger partial charge in [-0.05, 0) is 6.42 Å². The summed E-state index contributed by atoms with van der Waals surface area (Å²) in [4.78, 5) is 14.8. The average Bonchev–Trinajstić information content (AvgIpc) is 2.05. The van der Waals surface area contributed by atoms with Crippen LogP contribution >= 0.6 is 0 Å². The van der Waals surface area contributed by atoms with E-state index in [9.17, 15) is 4.79 Å². The van der Waals surface area contributed by atoms with E-state index in [2.05, 4.69) is 17.7 Å². The Hall–Kier alpha value is -0.610. The highest BCUT2D eigenvalue weighted by Crippen LogP contribution is 1.98. The van der Waals surface area contributed by atoms with Gasteiger partial charge >= 0.3 is 5.97 Å². The van der Waals surface area contributed by atoms with Crippen LogP contribution in [0.25, 0.3) is 0 Å². The molecule has 0 fully saturated rings. The molecule has 4 nitrogen and oxygen atoms in total. The maximum Gasteiger partial charge on any atom is 0.334 e. The fourth-order valence-corrected chi connectivity index (χ4v) is 0.825. The quantitative estimate of drug-likeness (QED) is 0.356. The Balaban J connectivity index is 3.03. The second-order valence-corrected chi connectivity index (χ2v) is 2.59. The average molecular weight is 175 g/mol. The van der Waals surface area contributed by atoms with Gasteiger partial charge in [-0.15, -0.1) is 0 Å². The highest BCUT2D eigenvalue weighted by molar-refractivity contribution is 5.70. The van der Waals surface area contributed by atoms with Crippen molar-refractivity contribution in [2.45, 2.75) is 32.6 Å². The Kier molecular flexibility index (Phi) is 8.05. The summed E-state index contributed by atoms with van der Waals surface area (Å²) in [6.45, 7) is 2.45. The standard InChI is InChI=1S/C8H17NO3/c1-2-3-4-5-6-11-8(10)7-12-9/h2-7,9H2,1H3. The van der Waals surface area contributed by atoms with Crippen molar-refractivity contribution in [1.82, 2.24) is 0 Å². The predicted octanol–water partition coefficient (Wildman–Crippen LogP) is 1.00. The smallest absolute Gasteiger partial charge is 0.334 e. The first-order valence-corrected chi connectivity index (χ1v) is 4.28. The molecule has 0 aliphatic rings. The number of carbonyl (C=O) groups is 1. The second-order valence-electron chi connectivity index (χ2n) is 2.59. The van der Waals surface area contributed by atoms with Crippen molar-refractivity contribution in [2.24, 2.45) is 5.90 Å². The van der Waals surface area contributed by atoms with Crippen LogP contribution in [0.5, 0.6) is 0 Å². The molecular weight excluding hydrogens is 158 g/mol. The molecule has 2 N–H and O–H groups in total. The van der Waals surface area contributed by atoms with E-state index in [1.54, 1.807) is 0 Å². The molecular formula is C8H17NO3. The lowest BCUT2D eigenvalue weighted by Crippen LogP contribution is -2.15. The maximum absolute atomic E-state index is 10.6. The van der Waals surface area contributed by atoms with Crippen LogP contribution in [0.1, 0.15) is 32.6 Å². The number of hydrogen-bond donors (Lipinski definition) is 1. The van der Waals surface area contributed by atoms with Crippen LogP contribution in [-0.2, 0) is 14.4 Å². The molecule has 0 saturated carbocycles. The lowest BCUT2D eigenvalue weighted by molar-refractivity contribution is -0.149. The van der Waals surface area contributed by atoms with Gasteiger partial charge in [-0.25, -0.2) is 10.7 Å². The normalized spacial score (nSPS) is 9.83. The van der Waals surface area contributed by atoms with Crippen molar-refractivity contribution in [2.75, 3.05) is 13.2 Å². The van der Waals surface area contributed by atoms with E-state index in [4.69, 9.17) is 4.74 Å². The molecule has 0 heterocycles. The summed E-state index contributed by atoms with van der Waals surface area (Å²) in [7, 11) is 0. The van der Waals surface area contributed by atoms with E-state index in [0.717, 1.165) is 12.8 Å². The van der Waals surface area contributed by atoms with Crippen LogP contribution in [0.2, 0.25) is 0 Å². The predicted molar refractivity (Wildman–Crippen MR) is 45.2 cm³/mol. The highest BCUT2D eigenvalue weighted by atomic mass is 16.6. The van der Waals surface area contributed by atoms with E-state index in [0.29, 0.717) is 6.61 Å². The molecule has 0 aliphatic carbocycles. The van der Waals surface area contributed by atoms with E-state index in [-0.39, 0.29) is 6.61 Å². The first kappa shape index (κ1) is 11.4. The fraction of sp³-hybridized carbons (Fsp3) is 0.875. The molecule has 0 unspecified atom stereocenters. The van der Waals surface area contributed by atoms with Crippen molar-refractivity contribution in [3.05, 3.63) is 0 Å². The van der Waals surface area contributed by atoms with Gasteiger partial charge in [-0.1, -0.05) is 26.2 Å². The summed E-state index contributed by atoms with van der Waals surface area (Å²) in [6.07, 6.45) is 4.39. The topological polar surface area (TPSA) is 61.5 Å². The zero-order valence-corrected chi connectivity index (χ0v) is 7.54. The van der Waals surface area contributed by atoms with E-state index >= 15 is 0 Å². The number of rotatable bonds is 7. The Morgan fingerprint density at radius 1 is 1.33 bits per heavy atom. The fourth-order valence-electron chi connectivity index (χ4n) is 0.825. The number of nitrogens with two attached hydrogens (primary N) is 1. The lowest BCUT2D eigenvalue weighted by Gasteiger charge is -2.02. The number of hydrogen-bond acceptors (Lipinski definition) is 4. The van der Waals surface area contributed by atoms with Gasteiger partial charge in [-0.3, -0.25) is 4.84 Å². The molecule has 12 heavy (non-hydrogen) atoms. The van der Waals surface area contributed by atoms with Gasteiger partial charge in [0.25, 0.3) is 0 Å². The molecule has 0 bridgehead atoms. The van der Waals surface area contributed by atoms with Gasteiger partial charge in [0.1, 0.15) is 0 Å². The minimum Gasteiger partial charge on any atom is -0.464 e. The Labute approximate surface area is 73.0 Å². The summed E-state index contributed by atoms with van der Waals surface area (Å²) < 4.78 is 4.79. The largest absolute Gasteiger partial charge is 0.464 e. The number of unbranched alkanes of at least 4 members (excludes halogenated alkanes) is 3. The molecule has 4 heteroatoms. The maximum atomic E-state index is 10.6. The van der Waals surface area contributed by atoms with Crippen LogP contribution < -0.4 is 5.90 Å². The third kappa shape index (κ3) is 7.50. The molecule has 0 amide bonds. The Morgan fingerprint density at radius 3 is 2.67 bits per heavy atom. The summed E-state index contributed by atoms with van der Waals surface area (Å²) in [5, 5.41) is 0. The molecule has 0 radical (unpaired) electrons. The van der Waals surface area contributed by atoms with Crippen LogP contribution in [0.3, 0.4) is 0 Å². The van der Waals surface area contributed by atoms with Crippen LogP contribution in [-0.4, -0.2) is 19.2 Å². The molecule has 0 aromatic heterocycles. The van der Waals surface area contributed by atoms with Gasteiger partial charge in [0.05, 0.1) is 6.61 Å². The van der Waals surface area contributed by atoms with Crippen LogP contribution in [0.15, 0.2) is 0 Å². The van der Waals surface area contributed by atoms with Crippen molar-refractivity contribution in [1.29, 1.82) is 0 Å². The molecule has 0 aromatic carbocycles. The summed E-state index contributed by atoms with van der Waals surface area (Å²) >= 11 is 0.